The summed E-state index contributed by atoms with van der Waals surface area (Å²) in [5, 5.41) is 9.72. The predicted octanol–water partition coefficient (Wildman–Crippen LogP) is 2.61. The van der Waals surface area contributed by atoms with E-state index in [1.165, 1.54) is 0 Å². The number of aliphatic hydroxyl groups excluding tert-OH is 1. The van der Waals surface area contributed by atoms with Gasteiger partial charge in [0.1, 0.15) is 0 Å². The fourth-order valence-corrected chi connectivity index (χ4v) is 4.99. The highest BCUT2D eigenvalue weighted by atomic mass is 16.3. The van der Waals surface area contributed by atoms with E-state index in [0.29, 0.717) is 11.5 Å². The molecule has 1 saturated heterocycles. The molecule has 33 heavy (non-hydrogen) atoms. The molecule has 8 heteroatoms. The van der Waals surface area contributed by atoms with Crippen molar-refractivity contribution in [3.8, 4) is 11.1 Å². The van der Waals surface area contributed by atoms with Gasteiger partial charge < -0.3 is 20.6 Å². The molecule has 1 aliphatic heterocycles. The molecule has 2 aliphatic rings. The Morgan fingerprint density at radius 2 is 1.79 bits per heavy atom. The molecule has 1 aromatic heterocycles. The summed E-state index contributed by atoms with van der Waals surface area (Å²) in [5.41, 5.74) is 7.61. The fourth-order valence-electron chi connectivity index (χ4n) is 4.99. The van der Waals surface area contributed by atoms with Crippen molar-refractivity contribution in [2.24, 2.45) is 11.7 Å². The van der Waals surface area contributed by atoms with Gasteiger partial charge in [-0.2, -0.15) is 0 Å². The summed E-state index contributed by atoms with van der Waals surface area (Å²) < 4.78 is 0. The first-order chi connectivity index (χ1) is 16.0. The van der Waals surface area contributed by atoms with E-state index in [4.69, 9.17) is 5.73 Å². The maximum Gasteiger partial charge on any atom is 0.248 e. The number of rotatable bonds is 8. The number of piperidine rings is 1. The van der Waals surface area contributed by atoms with Crippen LogP contribution in [-0.4, -0.2) is 64.1 Å². The monoisotopic (exact) mass is 451 g/mol. The van der Waals surface area contributed by atoms with E-state index >= 15 is 0 Å². The molecule has 0 spiro atoms. The topological polar surface area (TPSA) is 113 Å². The Balaban J connectivity index is 1.32. The van der Waals surface area contributed by atoms with Crippen LogP contribution < -0.4 is 10.6 Å². The van der Waals surface area contributed by atoms with Crippen molar-refractivity contribution in [2.75, 3.05) is 24.5 Å². The number of carbonyl (C=O) groups excluding carboxylic acids is 2. The fraction of sp³-hybridized carbons (Fsp3) is 0.520. The molecule has 3 N–H and O–H groups in total. The minimum Gasteiger partial charge on any atom is -0.393 e. The van der Waals surface area contributed by atoms with E-state index in [9.17, 15) is 14.7 Å². The summed E-state index contributed by atoms with van der Waals surface area (Å²) in [5.74, 6) is 0.785. The largest absolute Gasteiger partial charge is 0.393 e. The minimum absolute atomic E-state index is 0.206. The van der Waals surface area contributed by atoms with Crippen LogP contribution in [0.25, 0.3) is 11.1 Å². The van der Waals surface area contributed by atoms with Crippen molar-refractivity contribution in [2.45, 2.75) is 57.1 Å². The van der Waals surface area contributed by atoms with Crippen LogP contribution in [0, 0.1) is 5.92 Å². The number of hydrogen-bond donors (Lipinski definition) is 2. The second-order valence-corrected chi connectivity index (χ2v) is 9.26. The zero-order valence-electron chi connectivity index (χ0n) is 19.0. The highest BCUT2D eigenvalue weighted by Gasteiger charge is 2.26. The van der Waals surface area contributed by atoms with Crippen molar-refractivity contribution in [3.63, 3.8) is 0 Å². The molecule has 176 valence electrons. The average molecular weight is 452 g/mol. The molecular weight excluding hydrogens is 418 g/mol. The number of aliphatic hydroxyl groups is 1. The van der Waals surface area contributed by atoms with Crippen molar-refractivity contribution < 1.29 is 14.7 Å². The van der Waals surface area contributed by atoms with Gasteiger partial charge in [0.15, 0.2) is 0 Å². The van der Waals surface area contributed by atoms with E-state index in [0.717, 1.165) is 88.1 Å². The van der Waals surface area contributed by atoms with Crippen molar-refractivity contribution in [1.82, 2.24) is 14.9 Å². The molecule has 2 aromatic rings. The minimum atomic E-state index is -0.443. The molecule has 1 atom stereocenters. The summed E-state index contributed by atoms with van der Waals surface area (Å²) in [6.45, 7) is 2.59. The number of amides is 2. The van der Waals surface area contributed by atoms with Crippen LogP contribution in [0.5, 0.6) is 0 Å². The van der Waals surface area contributed by atoms with Crippen LogP contribution in [0.2, 0.25) is 0 Å². The average Bonchev–Trinajstić information content (AvgIpc) is 2.86. The van der Waals surface area contributed by atoms with Crippen LogP contribution in [0.15, 0.2) is 36.7 Å². The molecule has 1 saturated carbocycles. The summed E-state index contributed by atoms with van der Waals surface area (Å²) in [7, 11) is 0. The van der Waals surface area contributed by atoms with E-state index < -0.39 is 5.91 Å². The summed E-state index contributed by atoms with van der Waals surface area (Å²) in [6, 6.07) is 7.37. The van der Waals surface area contributed by atoms with Gasteiger partial charge in [-0.1, -0.05) is 12.1 Å². The van der Waals surface area contributed by atoms with Crippen molar-refractivity contribution in [3.05, 3.63) is 42.2 Å². The van der Waals surface area contributed by atoms with Crippen LogP contribution in [-0.2, 0) is 4.79 Å². The normalized spacial score (nSPS) is 23.2. The smallest absolute Gasteiger partial charge is 0.248 e. The van der Waals surface area contributed by atoms with Gasteiger partial charge in [-0.3, -0.25) is 9.59 Å². The Bertz CT molecular complexity index is 926. The second-order valence-electron chi connectivity index (χ2n) is 9.26. The zero-order valence-corrected chi connectivity index (χ0v) is 19.0. The SMILES string of the molecule is NC(=O)c1ccc(-c2cnc(N3CCCC(CCN(C=O)C4CCC(O)CC4)C3)nc2)cc1. The van der Waals surface area contributed by atoms with Gasteiger partial charge in [-0.15, -0.1) is 0 Å². The van der Waals surface area contributed by atoms with Gasteiger partial charge in [-0.25, -0.2) is 9.97 Å². The lowest BCUT2D eigenvalue weighted by Crippen LogP contribution is -2.41. The highest BCUT2D eigenvalue weighted by molar-refractivity contribution is 5.93. The molecule has 4 rings (SSSR count). The van der Waals surface area contributed by atoms with E-state index in [1.54, 1.807) is 12.1 Å². The number of carbonyl (C=O) groups is 2. The molecular formula is C25H33N5O3. The predicted molar refractivity (Wildman–Crippen MR) is 127 cm³/mol. The maximum absolute atomic E-state index is 11.7. The first-order valence-electron chi connectivity index (χ1n) is 11.9. The number of anilines is 1. The lowest BCUT2D eigenvalue weighted by Gasteiger charge is -2.36. The van der Waals surface area contributed by atoms with E-state index in [1.807, 2.05) is 29.4 Å². The molecule has 1 aliphatic carbocycles. The first kappa shape index (κ1) is 23.2. The third kappa shape index (κ3) is 5.87. The Kier molecular flexibility index (Phi) is 7.54. The van der Waals surface area contributed by atoms with Gasteiger partial charge in [0.05, 0.1) is 6.10 Å². The van der Waals surface area contributed by atoms with Crippen molar-refractivity contribution in [1.29, 1.82) is 0 Å². The number of aromatic nitrogens is 2. The number of benzene rings is 1. The Labute approximate surface area is 194 Å². The molecule has 2 amide bonds. The quantitative estimate of drug-likeness (QED) is 0.597. The molecule has 0 bridgehead atoms. The number of nitrogens with zero attached hydrogens (tertiary/aromatic N) is 4. The first-order valence-corrected chi connectivity index (χ1v) is 11.9. The van der Waals surface area contributed by atoms with Crippen LogP contribution >= 0.6 is 0 Å². The zero-order chi connectivity index (χ0) is 23.2. The van der Waals surface area contributed by atoms with Gasteiger partial charge in [0.2, 0.25) is 18.3 Å². The van der Waals surface area contributed by atoms with Gasteiger partial charge in [0.25, 0.3) is 0 Å². The van der Waals surface area contributed by atoms with Crippen LogP contribution in [0.1, 0.15) is 55.3 Å². The molecule has 1 unspecified atom stereocenters. The lowest BCUT2D eigenvalue weighted by atomic mass is 9.91. The van der Waals surface area contributed by atoms with Crippen LogP contribution in [0.3, 0.4) is 0 Å². The highest BCUT2D eigenvalue weighted by Crippen LogP contribution is 2.27. The Hall–Kier alpha value is -3.00. The molecule has 2 heterocycles. The number of primary amides is 1. The lowest BCUT2D eigenvalue weighted by molar-refractivity contribution is -0.121. The van der Waals surface area contributed by atoms with Gasteiger partial charge in [-0.05, 0) is 68.6 Å². The van der Waals surface area contributed by atoms with Gasteiger partial charge >= 0.3 is 0 Å². The van der Waals surface area contributed by atoms with E-state index in [-0.39, 0.29) is 12.1 Å². The second kappa shape index (κ2) is 10.7. The van der Waals surface area contributed by atoms with E-state index in [2.05, 4.69) is 14.9 Å². The standard InChI is InChI=1S/C25H33N5O3/c26-24(33)20-5-3-19(4-6-20)21-14-27-25(28-15-21)29-12-1-2-18(16-29)11-13-30(17-31)22-7-9-23(32)10-8-22/h3-6,14-15,17-18,22-23,32H,1-2,7-13,16H2,(H2,26,33). The Morgan fingerprint density at radius 3 is 2.42 bits per heavy atom. The third-order valence-electron chi connectivity index (χ3n) is 7.01. The maximum atomic E-state index is 11.7. The Morgan fingerprint density at radius 1 is 1.09 bits per heavy atom. The summed E-state index contributed by atoms with van der Waals surface area (Å²) in [6.07, 6.45) is 11.0. The summed E-state index contributed by atoms with van der Waals surface area (Å²) >= 11 is 0. The molecule has 8 nitrogen and oxygen atoms in total. The van der Waals surface area contributed by atoms with Gasteiger partial charge in [0, 0.05) is 49.2 Å². The number of nitrogens with two attached hydrogens (primary N) is 1. The third-order valence-corrected chi connectivity index (χ3v) is 7.01. The molecule has 1 aromatic carbocycles. The molecule has 2 fully saturated rings. The molecule has 0 radical (unpaired) electrons. The number of hydrogen-bond acceptors (Lipinski definition) is 6. The van der Waals surface area contributed by atoms with Crippen molar-refractivity contribution >= 4 is 18.3 Å². The summed E-state index contributed by atoms with van der Waals surface area (Å²) in [4.78, 5) is 36.3. The van der Waals surface area contributed by atoms with Crippen LogP contribution in [0.4, 0.5) is 5.95 Å².